The summed E-state index contributed by atoms with van der Waals surface area (Å²) in [4.78, 5) is 20.6. The van der Waals surface area contributed by atoms with E-state index in [4.69, 9.17) is 0 Å². The quantitative estimate of drug-likeness (QED) is 0.820. The maximum Gasteiger partial charge on any atom is 0.263 e. The third-order valence-electron chi connectivity index (χ3n) is 2.32. The molecule has 0 fully saturated rings. The van der Waals surface area contributed by atoms with E-state index in [9.17, 15) is 4.79 Å². The standard InChI is InChI=1S/C12H14N4OS.2ClH/c1-13-6-7-15-11(17)10-8-16-12(18-10)9-2-4-14-5-3-9;;/h2-5,8,13H,6-7H2,1H3,(H,15,17);2*1H. The number of hydrogen-bond acceptors (Lipinski definition) is 5. The normalized spacial score (nSPS) is 9.25. The van der Waals surface area contributed by atoms with Crippen molar-refractivity contribution in [3.63, 3.8) is 0 Å². The molecule has 0 radical (unpaired) electrons. The number of thiazole rings is 1. The molecule has 2 heterocycles. The van der Waals surface area contributed by atoms with Crippen LogP contribution in [-0.4, -0.2) is 36.0 Å². The van der Waals surface area contributed by atoms with Gasteiger partial charge in [0, 0.05) is 31.0 Å². The summed E-state index contributed by atoms with van der Waals surface area (Å²) in [6.45, 7) is 1.36. The Bertz CT molecular complexity index is 521. The number of aromatic nitrogens is 2. The third kappa shape index (κ3) is 5.05. The van der Waals surface area contributed by atoms with E-state index < -0.39 is 0 Å². The number of halogens is 2. The summed E-state index contributed by atoms with van der Waals surface area (Å²) >= 11 is 1.38. The predicted octanol–water partition coefficient (Wildman–Crippen LogP) is 2.00. The number of carbonyl (C=O) groups excluding carboxylic acids is 1. The van der Waals surface area contributed by atoms with E-state index in [1.807, 2.05) is 19.2 Å². The topological polar surface area (TPSA) is 66.9 Å². The lowest BCUT2D eigenvalue weighted by Crippen LogP contribution is -2.29. The fraction of sp³-hybridized carbons (Fsp3) is 0.250. The molecule has 0 spiro atoms. The van der Waals surface area contributed by atoms with Crippen LogP contribution in [0.4, 0.5) is 0 Å². The minimum absolute atomic E-state index is 0. The summed E-state index contributed by atoms with van der Waals surface area (Å²) in [6, 6.07) is 3.75. The fourth-order valence-corrected chi connectivity index (χ4v) is 2.23. The lowest BCUT2D eigenvalue weighted by atomic mass is 10.3. The largest absolute Gasteiger partial charge is 0.350 e. The Morgan fingerprint density at radius 2 is 1.95 bits per heavy atom. The Morgan fingerprint density at radius 1 is 1.25 bits per heavy atom. The smallest absolute Gasteiger partial charge is 0.263 e. The number of rotatable bonds is 5. The van der Waals surface area contributed by atoms with Crippen molar-refractivity contribution in [2.45, 2.75) is 0 Å². The van der Waals surface area contributed by atoms with Gasteiger partial charge in [-0.25, -0.2) is 4.98 Å². The molecular weight excluding hydrogens is 319 g/mol. The van der Waals surface area contributed by atoms with Crippen LogP contribution in [0.5, 0.6) is 0 Å². The van der Waals surface area contributed by atoms with Crippen LogP contribution >= 0.6 is 36.2 Å². The Labute approximate surface area is 134 Å². The number of likely N-dealkylation sites (N-methyl/N-ethyl adjacent to an activating group) is 1. The van der Waals surface area contributed by atoms with Gasteiger partial charge in [0.25, 0.3) is 5.91 Å². The van der Waals surface area contributed by atoms with Gasteiger partial charge in [-0.2, -0.15) is 0 Å². The minimum Gasteiger partial charge on any atom is -0.350 e. The van der Waals surface area contributed by atoms with E-state index in [0.717, 1.165) is 17.1 Å². The minimum atomic E-state index is -0.0805. The highest BCUT2D eigenvalue weighted by atomic mass is 35.5. The first kappa shape index (κ1) is 18.8. The van der Waals surface area contributed by atoms with Gasteiger partial charge >= 0.3 is 0 Å². The molecule has 1 amide bonds. The molecule has 2 N–H and O–H groups in total. The van der Waals surface area contributed by atoms with Crippen molar-refractivity contribution in [3.05, 3.63) is 35.6 Å². The van der Waals surface area contributed by atoms with Gasteiger partial charge in [-0.15, -0.1) is 36.2 Å². The lowest BCUT2D eigenvalue weighted by Gasteiger charge is -2.01. The molecule has 110 valence electrons. The van der Waals surface area contributed by atoms with Gasteiger partial charge in [0.15, 0.2) is 0 Å². The van der Waals surface area contributed by atoms with E-state index in [1.54, 1.807) is 18.6 Å². The van der Waals surface area contributed by atoms with Crippen LogP contribution in [0.3, 0.4) is 0 Å². The van der Waals surface area contributed by atoms with Crippen LogP contribution in [-0.2, 0) is 0 Å². The first-order valence-electron chi connectivity index (χ1n) is 5.60. The van der Waals surface area contributed by atoms with Crippen LogP contribution in [0.2, 0.25) is 0 Å². The van der Waals surface area contributed by atoms with Crippen molar-refractivity contribution >= 4 is 42.1 Å². The van der Waals surface area contributed by atoms with E-state index in [1.165, 1.54) is 11.3 Å². The number of carbonyl (C=O) groups is 1. The Hall–Kier alpha value is -1.21. The Balaban J connectivity index is 0.00000180. The zero-order valence-corrected chi connectivity index (χ0v) is 13.3. The second-order valence-electron chi connectivity index (χ2n) is 3.63. The monoisotopic (exact) mass is 334 g/mol. The second-order valence-corrected chi connectivity index (χ2v) is 4.66. The number of pyridine rings is 1. The van der Waals surface area contributed by atoms with Crippen molar-refractivity contribution in [1.82, 2.24) is 20.6 Å². The van der Waals surface area contributed by atoms with Crippen molar-refractivity contribution in [2.24, 2.45) is 0 Å². The molecular formula is C12H16Cl2N4OS. The van der Waals surface area contributed by atoms with E-state index in [-0.39, 0.29) is 30.7 Å². The van der Waals surface area contributed by atoms with Crippen LogP contribution in [0, 0.1) is 0 Å². The maximum atomic E-state index is 11.8. The summed E-state index contributed by atoms with van der Waals surface area (Å²) in [5.41, 5.74) is 0.976. The predicted molar refractivity (Wildman–Crippen MR) is 86.1 cm³/mol. The summed E-state index contributed by atoms with van der Waals surface area (Å²) in [7, 11) is 1.85. The molecule has 20 heavy (non-hydrogen) atoms. The first-order chi connectivity index (χ1) is 8.81. The van der Waals surface area contributed by atoms with Gasteiger partial charge in [0.2, 0.25) is 0 Å². The molecule has 8 heteroatoms. The molecule has 0 aliphatic rings. The lowest BCUT2D eigenvalue weighted by molar-refractivity contribution is 0.0958. The zero-order chi connectivity index (χ0) is 12.8. The first-order valence-corrected chi connectivity index (χ1v) is 6.42. The van der Waals surface area contributed by atoms with Gasteiger partial charge in [-0.1, -0.05) is 0 Å². The van der Waals surface area contributed by atoms with Crippen LogP contribution in [0.25, 0.3) is 10.6 Å². The second kappa shape index (κ2) is 9.66. The average Bonchev–Trinajstić information content (AvgIpc) is 2.89. The van der Waals surface area contributed by atoms with Crippen molar-refractivity contribution in [1.29, 1.82) is 0 Å². The molecule has 2 aromatic rings. The molecule has 2 rings (SSSR count). The van der Waals surface area contributed by atoms with Gasteiger partial charge in [0.05, 0.1) is 6.20 Å². The molecule has 0 saturated heterocycles. The van der Waals surface area contributed by atoms with Gasteiger partial charge in [-0.3, -0.25) is 9.78 Å². The van der Waals surface area contributed by atoms with Crippen molar-refractivity contribution < 1.29 is 4.79 Å². The molecule has 0 aliphatic heterocycles. The number of amides is 1. The highest BCUT2D eigenvalue weighted by Gasteiger charge is 2.10. The summed E-state index contributed by atoms with van der Waals surface area (Å²) in [5.74, 6) is -0.0805. The highest BCUT2D eigenvalue weighted by Crippen LogP contribution is 2.24. The van der Waals surface area contributed by atoms with Crippen LogP contribution < -0.4 is 10.6 Å². The fourth-order valence-electron chi connectivity index (χ4n) is 1.40. The SMILES string of the molecule is CNCCNC(=O)c1cnc(-c2ccncc2)s1.Cl.Cl. The highest BCUT2D eigenvalue weighted by molar-refractivity contribution is 7.16. The van der Waals surface area contributed by atoms with Crippen molar-refractivity contribution in [2.75, 3.05) is 20.1 Å². The zero-order valence-electron chi connectivity index (χ0n) is 10.8. The number of nitrogens with one attached hydrogen (secondary N) is 2. The van der Waals surface area contributed by atoms with Gasteiger partial charge < -0.3 is 10.6 Å². The molecule has 0 aromatic carbocycles. The van der Waals surface area contributed by atoms with Crippen molar-refractivity contribution in [3.8, 4) is 10.6 Å². The molecule has 5 nitrogen and oxygen atoms in total. The van der Waals surface area contributed by atoms with Gasteiger partial charge in [0.1, 0.15) is 9.88 Å². The summed E-state index contributed by atoms with van der Waals surface area (Å²) < 4.78 is 0. The summed E-state index contributed by atoms with van der Waals surface area (Å²) in [5, 5.41) is 6.62. The number of nitrogens with zero attached hydrogens (tertiary/aromatic N) is 2. The molecule has 0 aliphatic carbocycles. The summed E-state index contributed by atoms with van der Waals surface area (Å²) in [6.07, 6.45) is 5.03. The average molecular weight is 335 g/mol. The molecule has 0 unspecified atom stereocenters. The maximum absolute atomic E-state index is 11.8. The van der Waals surface area contributed by atoms with Gasteiger partial charge in [-0.05, 0) is 19.2 Å². The number of hydrogen-bond donors (Lipinski definition) is 2. The third-order valence-corrected chi connectivity index (χ3v) is 3.36. The van der Waals surface area contributed by atoms with E-state index >= 15 is 0 Å². The Morgan fingerprint density at radius 3 is 2.60 bits per heavy atom. The molecule has 0 saturated carbocycles. The molecule has 2 aromatic heterocycles. The molecule has 0 bridgehead atoms. The van der Waals surface area contributed by atoms with E-state index in [2.05, 4.69) is 20.6 Å². The molecule has 0 atom stereocenters. The Kier molecular flexibility index (Phi) is 9.07. The van der Waals surface area contributed by atoms with Crippen LogP contribution in [0.1, 0.15) is 9.67 Å². The van der Waals surface area contributed by atoms with Crippen LogP contribution in [0.15, 0.2) is 30.7 Å². The van der Waals surface area contributed by atoms with E-state index in [0.29, 0.717) is 11.4 Å².